The Morgan fingerprint density at radius 3 is 2.89 bits per heavy atom. The first-order chi connectivity index (χ1) is 9.19. The molecule has 0 bridgehead atoms. The average molecular weight is 268 g/mol. The molecule has 0 aliphatic carbocycles. The summed E-state index contributed by atoms with van der Waals surface area (Å²) in [5, 5.41) is 3.16. The van der Waals surface area contributed by atoms with Crippen LogP contribution in [-0.2, 0) is 6.54 Å². The van der Waals surface area contributed by atoms with Crippen LogP contribution in [0.15, 0.2) is 28.9 Å². The van der Waals surface area contributed by atoms with E-state index in [1.165, 1.54) is 12.3 Å². The van der Waals surface area contributed by atoms with E-state index in [0.717, 1.165) is 25.1 Å². The van der Waals surface area contributed by atoms with Gasteiger partial charge < -0.3 is 14.5 Å². The maximum absolute atomic E-state index is 13.0. The molecule has 4 nitrogen and oxygen atoms in total. The summed E-state index contributed by atoms with van der Waals surface area (Å²) in [7, 11) is 0. The lowest BCUT2D eigenvalue weighted by atomic mass is 10.3. The number of halogens is 2. The zero-order valence-electron chi connectivity index (χ0n) is 10.5. The van der Waals surface area contributed by atoms with Crippen molar-refractivity contribution in [3.63, 3.8) is 0 Å². The van der Waals surface area contributed by atoms with Crippen molar-refractivity contribution >= 4 is 0 Å². The topological polar surface area (TPSA) is 47.3 Å². The summed E-state index contributed by atoms with van der Waals surface area (Å²) in [4.78, 5) is 4.06. The minimum Gasteiger partial charge on any atom is -0.417 e. The highest BCUT2D eigenvalue weighted by Crippen LogP contribution is 2.22. The molecular formula is C13H14F2N2O2. The maximum atomic E-state index is 13.0. The van der Waals surface area contributed by atoms with Crippen LogP contribution in [0.4, 0.5) is 8.78 Å². The lowest BCUT2D eigenvalue weighted by molar-refractivity contribution is 0.328. The van der Waals surface area contributed by atoms with Crippen molar-refractivity contribution in [2.24, 2.45) is 0 Å². The first-order valence-corrected chi connectivity index (χ1v) is 5.97. The molecule has 2 aromatic rings. The van der Waals surface area contributed by atoms with Gasteiger partial charge in [-0.25, -0.2) is 8.78 Å². The smallest absolute Gasteiger partial charge is 0.399 e. The standard InChI is InChI=1S/C13H14F2N2O2/c1-2-5-16-7-9-8-18-13(17-9)19-10-3-4-11(14)12(15)6-10/h3-4,6,8,16H,2,5,7H2,1H3. The van der Waals surface area contributed by atoms with Gasteiger partial charge in [0.1, 0.15) is 12.0 Å². The van der Waals surface area contributed by atoms with Crippen LogP contribution in [-0.4, -0.2) is 11.5 Å². The summed E-state index contributed by atoms with van der Waals surface area (Å²) in [6.45, 7) is 3.51. The maximum Gasteiger partial charge on any atom is 0.399 e. The van der Waals surface area contributed by atoms with Gasteiger partial charge >= 0.3 is 6.08 Å². The fraction of sp³-hybridized carbons (Fsp3) is 0.308. The Morgan fingerprint density at radius 2 is 2.16 bits per heavy atom. The molecule has 1 N–H and O–H groups in total. The molecule has 6 heteroatoms. The van der Waals surface area contributed by atoms with E-state index in [9.17, 15) is 8.78 Å². The van der Waals surface area contributed by atoms with Gasteiger partial charge in [0.05, 0.1) is 5.69 Å². The quantitative estimate of drug-likeness (QED) is 0.817. The van der Waals surface area contributed by atoms with Crippen LogP contribution in [0, 0.1) is 11.6 Å². The van der Waals surface area contributed by atoms with Gasteiger partial charge in [-0.3, -0.25) is 0 Å². The summed E-state index contributed by atoms with van der Waals surface area (Å²) in [5.74, 6) is -1.77. The lowest BCUT2D eigenvalue weighted by Crippen LogP contribution is -2.13. The van der Waals surface area contributed by atoms with E-state index in [4.69, 9.17) is 9.15 Å². The Balaban J connectivity index is 1.97. The SMILES string of the molecule is CCCNCc1coc(Oc2ccc(F)c(F)c2)n1. The number of nitrogens with one attached hydrogen (secondary N) is 1. The number of ether oxygens (including phenoxy) is 1. The van der Waals surface area contributed by atoms with Crippen molar-refractivity contribution in [1.82, 2.24) is 10.3 Å². The summed E-state index contributed by atoms with van der Waals surface area (Å²) in [5.41, 5.74) is 0.686. The second-order valence-corrected chi connectivity index (χ2v) is 3.96. The summed E-state index contributed by atoms with van der Waals surface area (Å²) in [6, 6.07) is 3.23. The molecule has 0 saturated carbocycles. The van der Waals surface area contributed by atoms with Crippen molar-refractivity contribution in [3.05, 3.63) is 41.8 Å². The van der Waals surface area contributed by atoms with Gasteiger partial charge in [-0.05, 0) is 25.1 Å². The van der Waals surface area contributed by atoms with Crippen LogP contribution in [0.1, 0.15) is 19.0 Å². The molecule has 1 aromatic carbocycles. The number of aromatic nitrogens is 1. The van der Waals surface area contributed by atoms with Gasteiger partial charge in [-0.2, -0.15) is 4.98 Å². The number of oxazole rings is 1. The predicted molar refractivity (Wildman–Crippen MR) is 64.9 cm³/mol. The second kappa shape index (κ2) is 6.29. The van der Waals surface area contributed by atoms with Crippen molar-refractivity contribution < 1.29 is 17.9 Å². The zero-order valence-corrected chi connectivity index (χ0v) is 10.5. The molecule has 0 spiro atoms. The Morgan fingerprint density at radius 1 is 1.32 bits per heavy atom. The first kappa shape index (κ1) is 13.5. The van der Waals surface area contributed by atoms with Gasteiger partial charge in [-0.15, -0.1) is 0 Å². The molecule has 0 aliphatic heterocycles. The van der Waals surface area contributed by atoms with Crippen molar-refractivity contribution in [2.75, 3.05) is 6.54 Å². The van der Waals surface area contributed by atoms with Crippen molar-refractivity contribution in [3.8, 4) is 11.8 Å². The highest BCUT2D eigenvalue weighted by atomic mass is 19.2. The van der Waals surface area contributed by atoms with Crippen LogP contribution < -0.4 is 10.1 Å². The Kier molecular flexibility index (Phi) is 4.46. The minimum atomic E-state index is -0.978. The summed E-state index contributed by atoms with van der Waals surface area (Å²) < 4.78 is 36.0. The van der Waals surface area contributed by atoms with Crippen LogP contribution >= 0.6 is 0 Å². The number of benzene rings is 1. The number of nitrogens with zero attached hydrogens (tertiary/aromatic N) is 1. The summed E-state index contributed by atoms with van der Waals surface area (Å²) >= 11 is 0. The number of hydrogen-bond acceptors (Lipinski definition) is 4. The van der Waals surface area contributed by atoms with Crippen LogP contribution in [0.3, 0.4) is 0 Å². The number of rotatable bonds is 6. The fourth-order valence-corrected chi connectivity index (χ4v) is 1.45. The van der Waals surface area contributed by atoms with Crippen LogP contribution in [0.5, 0.6) is 11.8 Å². The molecule has 0 amide bonds. The van der Waals surface area contributed by atoms with E-state index in [1.807, 2.05) is 0 Å². The number of hydrogen-bond donors (Lipinski definition) is 1. The monoisotopic (exact) mass is 268 g/mol. The normalized spacial score (nSPS) is 10.7. The van der Waals surface area contributed by atoms with Crippen LogP contribution in [0.25, 0.3) is 0 Å². The van der Waals surface area contributed by atoms with Gasteiger partial charge in [0.2, 0.25) is 0 Å². The Bertz CT molecular complexity index is 543. The van der Waals surface area contributed by atoms with Gasteiger partial charge in [0.25, 0.3) is 0 Å². The summed E-state index contributed by atoms with van der Waals surface area (Å²) in [6.07, 6.45) is 2.48. The predicted octanol–water partition coefficient (Wildman–Crippen LogP) is 3.24. The third kappa shape index (κ3) is 3.75. The minimum absolute atomic E-state index is 0.000642. The zero-order chi connectivity index (χ0) is 13.7. The second-order valence-electron chi connectivity index (χ2n) is 3.96. The molecule has 1 heterocycles. The van der Waals surface area contributed by atoms with Gasteiger partial charge in [0, 0.05) is 12.6 Å². The van der Waals surface area contributed by atoms with Crippen molar-refractivity contribution in [2.45, 2.75) is 19.9 Å². The molecular weight excluding hydrogens is 254 g/mol. The van der Waals surface area contributed by atoms with Gasteiger partial charge in [-0.1, -0.05) is 6.92 Å². The molecule has 0 aliphatic rings. The average Bonchev–Trinajstić information content (AvgIpc) is 2.82. The third-order valence-corrected chi connectivity index (χ3v) is 2.36. The fourth-order valence-electron chi connectivity index (χ4n) is 1.45. The molecule has 102 valence electrons. The molecule has 0 fully saturated rings. The largest absolute Gasteiger partial charge is 0.417 e. The molecule has 19 heavy (non-hydrogen) atoms. The molecule has 0 saturated heterocycles. The third-order valence-electron chi connectivity index (χ3n) is 2.36. The van der Waals surface area contributed by atoms with Crippen LogP contribution in [0.2, 0.25) is 0 Å². The van der Waals surface area contributed by atoms with E-state index < -0.39 is 11.6 Å². The Hall–Kier alpha value is -1.95. The van der Waals surface area contributed by atoms with E-state index in [-0.39, 0.29) is 11.8 Å². The first-order valence-electron chi connectivity index (χ1n) is 5.97. The molecule has 1 aromatic heterocycles. The van der Waals surface area contributed by atoms with E-state index in [2.05, 4.69) is 17.2 Å². The highest BCUT2D eigenvalue weighted by Gasteiger charge is 2.08. The molecule has 0 unspecified atom stereocenters. The lowest BCUT2D eigenvalue weighted by Gasteiger charge is -2.00. The van der Waals surface area contributed by atoms with E-state index in [1.54, 1.807) is 0 Å². The van der Waals surface area contributed by atoms with E-state index >= 15 is 0 Å². The van der Waals surface area contributed by atoms with E-state index in [0.29, 0.717) is 12.2 Å². The van der Waals surface area contributed by atoms with Gasteiger partial charge in [0.15, 0.2) is 11.6 Å². The Labute approximate surface area is 109 Å². The molecule has 0 atom stereocenters. The van der Waals surface area contributed by atoms with Crippen molar-refractivity contribution in [1.29, 1.82) is 0 Å². The molecule has 0 radical (unpaired) electrons. The molecule has 2 rings (SSSR count). The highest BCUT2D eigenvalue weighted by molar-refractivity contribution is 5.25.